The summed E-state index contributed by atoms with van der Waals surface area (Å²) in [5, 5.41) is 62.5. The maximum atomic E-state index is 12.7. The number of esters is 1. The number of nitrogens with two attached hydrogens (primary N) is 2. The van der Waals surface area contributed by atoms with Gasteiger partial charge in [0.2, 0.25) is 0 Å². The van der Waals surface area contributed by atoms with Gasteiger partial charge in [0.05, 0.1) is 35.2 Å². The molecule has 6 bridgehead atoms. The van der Waals surface area contributed by atoms with Gasteiger partial charge >= 0.3 is 24.1 Å². The first-order valence-corrected chi connectivity index (χ1v) is 17.6. The minimum Gasteiger partial charge on any atom is -0.481 e. The standard InChI is InChI=1S/C19H22O6.C18H22O4.CO2.H4N2/c1-9-7-17-8-18(9,24)5-3-10(17)19-6-4-11(20)16(2,15(23)25-19)13(19)12(17)14(21)22;1-9-7-17-8-18(9,22)6-5-12(17)11-3-4-13(19)10(2)14(11)15(17)16(20)21;2-1-3;1-2/h4,6,10-13,20,24H,1,3,5,7-8H2,2H3,(H,21,22);3-4,10,13-15,19,22H,1,5-8H2,2H3,(H,20,21);;1-2H2/t10-,11+,12-,13-,16-,17+,18+,19-;10-,13-,14+,15+,17-,18-;;/m10../s1. The van der Waals surface area contributed by atoms with Crippen molar-refractivity contribution < 1.29 is 59.3 Å². The van der Waals surface area contributed by atoms with E-state index in [0.29, 0.717) is 50.5 Å². The normalized spacial score (nSPS) is 49.0. The first-order valence-electron chi connectivity index (χ1n) is 17.6. The van der Waals surface area contributed by atoms with Crippen molar-refractivity contribution in [3.8, 4) is 0 Å². The number of ether oxygens (including phenoxy) is 1. The Bertz CT molecular complexity index is 1760. The highest BCUT2D eigenvalue weighted by Crippen LogP contribution is 2.77. The molecule has 14 nitrogen and oxygen atoms in total. The fourth-order valence-electron chi connectivity index (χ4n) is 12.8. The highest BCUT2D eigenvalue weighted by atomic mass is 16.6. The van der Waals surface area contributed by atoms with E-state index in [1.54, 1.807) is 25.2 Å². The van der Waals surface area contributed by atoms with E-state index >= 15 is 0 Å². The molecule has 2 spiro atoms. The number of carbonyl (C=O) groups excluding carboxylic acids is 3. The predicted octanol–water partition coefficient (Wildman–Crippen LogP) is 1.30. The van der Waals surface area contributed by atoms with Crippen LogP contribution in [0.3, 0.4) is 0 Å². The number of hydrogen-bond donors (Lipinski definition) is 8. The van der Waals surface area contributed by atoms with Crippen LogP contribution >= 0.6 is 0 Å². The fraction of sp³-hybridized carbons (Fsp3) is 0.632. The quantitative estimate of drug-likeness (QED) is 0.0864. The maximum Gasteiger partial charge on any atom is 0.373 e. The molecule has 0 unspecified atom stereocenters. The largest absolute Gasteiger partial charge is 0.481 e. The van der Waals surface area contributed by atoms with E-state index < -0.39 is 80.9 Å². The number of carboxylic acids is 2. The number of aliphatic hydroxyl groups is 4. The molecule has 282 valence electrons. The molecule has 0 amide bonds. The molecular formula is C38H48N2O12. The SMILES string of the molecule is C=C1C[C@]23C[C@@]1(O)CCC2=C1C=C[C@H](O)[C@H](C)[C@H]1[C@@H]3C(=O)O.C=C1C[C@]23C[C@@]1(O)CC[C@H]2[C@@]12C=C[C@H](O)[C@@](C)(C(=O)O1)[C@H]2[C@@H]3C(=O)O.NN.O=C=O. The summed E-state index contributed by atoms with van der Waals surface area (Å²) in [6.07, 6.45) is 9.88. The molecule has 0 aromatic heterocycles. The third-order valence-corrected chi connectivity index (χ3v) is 14.8. The zero-order chi connectivity index (χ0) is 38.6. The minimum atomic E-state index is -1.27. The van der Waals surface area contributed by atoms with Gasteiger partial charge in [-0.2, -0.15) is 9.59 Å². The lowest BCUT2D eigenvalue weighted by Crippen LogP contribution is -2.50. The summed E-state index contributed by atoms with van der Waals surface area (Å²) in [6, 6.07) is 0. The molecule has 6 fully saturated rings. The summed E-state index contributed by atoms with van der Waals surface area (Å²) in [4.78, 5) is 53.4. The molecule has 1 heterocycles. The van der Waals surface area contributed by atoms with Crippen molar-refractivity contribution in [1.82, 2.24) is 0 Å². The molecule has 8 aliphatic carbocycles. The van der Waals surface area contributed by atoms with Crippen LogP contribution in [0.5, 0.6) is 0 Å². The van der Waals surface area contributed by atoms with Crippen LogP contribution in [0.4, 0.5) is 0 Å². The van der Waals surface area contributed by atoms with Crippen molar-refractivity contribution in [3.05, 3.63) is 59.8 Å². The Hall–Kier alpha value is -3.75. The lowest BCUT2D eigenvalue weighted by Gasteiger charge is -2.44. The summed E-state index contributed by atoms with van der Waals surface area (Å²) in [5.41, 5.74) is -1.62. The number of hydrazine groups is 1. The van der Waals surface area contributed by atoms with Crippen LogP contribution in [0, 0.1) is 51.8 Å². The van der Waals surface area contributed by atoms with E-state index in [1.807, 2.05) is 13.0 Å². The number of aliphatic hydroxyl groups excluding tert-OH is 2. The maximum absolute atomic E-state index is 12.7. The second-order valence-corrected chi connectivity index (χ2v) is 16.6. The summed E-state index contributed by atoms with van der Waals surface area (Å²) in [7, 11) is 0. The van der Waals surface area contributed by atoms with Crippen LogP contribution in [0.2, 0.25) is 0 Å². The summed E-state index contributed by atoms with van der Waals surface area (Å²) >= 11 is 0. The fourth-order valence-corrected chi connectivity index (χ4v) is 12.8. The van der Waals surface area contributed by atoms with Gasteiger partial charge in [-0.15, -0.1) is 0 Å². The number of carboxylic acid groups (broad SMARTS) is 2. The zero-order valence-corrected chi connectivity index (χ0v) is 29.3. The molecule has 0 aromatic carbocycles. The summed E-state index contributed by atoms with van der Waals surface area (Å²) in [5.74, 6) is 3.15. The topological polar surface area (TPSA) is 268 Å². The van der Waals surface area contributed by atoms with E-state index in [9.17, 15) is 45.0 Å². The van der Waals surface area contributed by atoms with Gasteiger partial charge in [0.1, 0.15) is 11.0 Å². The highest BCUT2D eigenvalue weighted by Gasteiger charge is 2.83. The van der Waals surface area contributed by atoms with Gasteiger partial charge in [-0.1, -0.05) is 43.9 Å². The van der Waals surface area contributed by atoms with Gasteiger partial charge in [-0.25, -0.2) is 0 Å². The molecule has 9 rings (SSSR count). The van der Waals surface area contributed by atoms with Crippen molar-refractivity contribution >= 4 is 24.1 Å². The summed E-state index contributed by atoms with van der Waals surface area (Å²) < 4.78 is 5.87. The molecule has 52 heavy (non-hydrogen) atoms. The Morgan fingerprint density at radius 2 is 1.56 bits per heavy atom. The van der Waals surface area contributed by atoms with Gasteiger partial charge in [0.15, 0.2) is 0 Å². The van der Waals surface area contributed by atoms with Crippen molar-refractivity contribution in [2.45, 2.75) is 94.2 Å². The Morgan fingerprint density at radius 1 is 0.962 bits per heavy atom. The van der Waals surface area contributed by atoms with Crippen LogP contribution < -0.4 is 11.7 Å². The predicted molar refractivity (Wildman–Crippen MR) is 179 cm³/mol. The van der Waals surface area contributed by atoms with Crippen LogP contribution in [-0.2, 0) is 28.7 Å². The van der Waals surface area contributed by atoms with Gasteiger partial charge in [0, 0.05) is 23.2 Å². The van der Waals surface area contributed by atoms with Crippen molar-refractivity contribution in [3.63, 3.8) is 0 Å². The van der Waals surface area contributed by atoms with E-state index in [-0.39, 0.29) is 23.9 Å². The number of fused-ring (bicyclic) bond motifs is 3. The van der Waals surface area contributed by atoms with E-state index in [4.69, 9.17) is 14.3 Å². The number of hydrogen-bond acceptors (Lipinski definition) is 12. The molecular weight excluding hydrogens is 676 g/mol. The summed E-state index contributed by atoms with van der Waals surface area (Å²) in [6.45, 7) is 11.6. The molecule has 1 aliphatic heterocycles. The average molecular weight is 725 g/mol. The third kappa shape index (κ3) is 4.55. The molecule has 9 aliphatic rings. The van der Waals surface area contributed by atoms with Crippen molar-refractivity contribution in [1.29, 1.82) is 0 Å². The van der Waals surface area contributed by atoms with Crippen LogP contribution in [-0.4, -0.2) is 83.7 Å². The molecule has 0 radical (unpaired) electrons. The van der Waals surface area contributed by atoms with Gasteiger partial charge in [-0.05, 0) is 92.4 Å². The third-order valence-electron chi connectivity index (χ3n) is 14.8. The Morgan fingerprint density at radius 3 is 2.17 bits per heavy atom. The zero-order valence-electron chi connectivity index (χ0n) is 29.3. The second kappa shape index (κ2) is 12.1. The van der Waals surface area contributed by atoms with Gasteiger partial charge < -0.3 is 35.4 Å². The lowest BCUT2D eigenvalue weighted by molar-refractivity contribution is -0.192. The first kappa shape index (κ1) is 38.0. The lowest BCUT2D eigenvalue weighted by atomic mass is 9.61. The van der Waals surface area contributed by atoms with Crippen LogP contribution in [0.15, 0.2) is 59.8 Å². The number of carbonyl (C=O) groups is 3. The van der Waals surface area contributed by atoms with Crippen LogP contribution in [0.25, 0.3) is 0 Å². The minimum absolute atomic E-state index is 0.115. The van der Waals surface area contributed by atoms with Crippen molar-refractivity contribution in [2.24, 2.45) is 63.4 Å². The number of allylic oxidation sites excluding steroid dienone is 3. The molecule has 0 aromatic rings. The van der Waals surface area contributed by atoms with Gasteiger partial charge in [-0.3, -0.25) is 26.1 Å². The number of rotatable bonds is 2. The highest BCUT2D eigenvalue weighted by molar-refractivity contribution is 5.86. The first-order chi connectivity index (χ1) is 24.3. The molecule has 14 heteroatoms. The monoisotopic (exact) mass is 724 g/mol. The van der Waals surface area contributed by atoms with E-state index in [2.05, 4.69) is 24.8 Å². The van der Waals surface area contributed by atoms with Crippen molar-refractivity contribution in [2.75, 3.05) is 0 Å². The number of aliphatic carboxylic acids is 2. The average Bonchev–Trinajstić information content (AvgIpc) is 3.69. The Labute approximate surface area is 300 Å². The Balaban J connectivity index is 0.000000160. The molecule has 5 saturated carbocycles. The molecule has 10 N–H and O–H groups in total. The second-order valence-electron chi connectivity index (χ2n) is 16.6. The smallest absolute Gasteiger partial charge is 0.373 e. The molecule has 1 saturated heterocycles. The van der Waals surface area contributed by atoms with Crippen LogP contribution in [0.1, 0.15) is 65.2 Å². The van der Waals surface area contributed by atoms with E-state index in [0.717, 1.165) is 17.6 Å². The van der Waals surface area contributed by atoms with Gasteiger partial charge in [0.25, 0.3) is 0 Å². The Kier molecular flexibility index (Phi) is 8.87. The molecule has 14 atom stereocenters. The van der Waals surface area contributed by atoms with E-state index in [1.165, 1.54) is 5.57 Å².